The number of fused-ring (bicyclic) bond motifs is 1. The lowest BCUT2D eigenvalue weighted by Crippen LogP contribution is -2.32. The molecular weight excluding hydrogens is 210 g/mol. The molecule has 90 valence electrons. The highest BCUT2D eigenvalue weighted by Crippen LogP contribution is 2.31. The van der Waals surface area contributed by atoms with Gasteiger partial charge in [-0.1, -0.05) is 29.8 Å². The molecular formula is C15H19NO. The minimum Gasteiger partial charge on any atom is -0.310 e. The van der Waals surface area contributed by atoms with Gasteiger partial charge < -0.3 is 5.32 Å². The van der Waals surface area contributed by atoms with Gasteiger partial charge in [0.1, 0.15) is 5.78 Å². The normalized spacial score (nSPS) is 15.4. The molecule has 17 heavy (non-hydrogen) atoms. The summed E-state index contributed by atoms with van der Waals surface area (Å²) in [6.45, 7) is 3.76. The first kappa shape index (κ1) is 12.1. The number of carbonyl (C=O) groups is 1. The maximum atomic E-state index is 11.4. The fourth-order valence-electron chi connectivity index (χ4n) is 2.41. The molecule has 0 heterocycles. The van der Waals surface area contributed by atoms with Crippen molar-refractivity contribution in [3.8, 4) is 0 Å². The standard InChI is InChI=1S/C15H19NO/c1-10-4-7-14-12(8-10)5-6-13(14)9-15(16-3)11(2)17/h4,6-8,15-16H,5,9H2,1-3H3. The van der Waals surface area contributed by atoms with Crippen LogP contribution in [0.1, 0.15) is 30.0 Å². The number of hydrogen-bond acceptors (Lipinski definition) is 2. The summed E-state index contributed by atoms with van der Waals surface area (Å²) in [7, 11) is 1.84. The van der Waals surface area contributed by atoms with E-state index in [2.05, 4.69) is 36.5 Å². The van der Waals surface area contributed by atoms with Crippen molar-refractivity contribution in [2.24, 2.45) is 0 Å². The number of hydrogen-bond donors (Lipinski definition) is 1. The smallest absolute Gasteiger partial charge is 0.147 e. The molecule has 0 amide bonds. The van der Waals surface area contributed by atoms with E-state index in [1.807, 2.05) is 7.05 Å². The summed E-state index contributed by atoms with van der Waals surface area (Å²) in [5.41, 5.74) is 5.31. The van der Waals surface area contributed by atoms with Crippen LogP contribution < -0.4 is 5.32 Å². The number of benzene rings is 1. The van der Waals surface area contributed by atoms with E-state index >= 15 is 0 Å². The zero-order valence-electron chi connectivity index (χ0n) is 10.7. The minimum absolute atomic E-state index is 0.0616. The van der Waals surface area contributed by atoms with Gasteiger partial charge in [-0.05, 0) is 50.4 Å². The Balaban J connectivity index is 2.19. The molecule has 1 aliphatic carbocycles. The van der Waals surface area contributed by atoms with E-state index in [1.54, 1.807) is 6.92 Å². The summed E-state index contributed by atoms with van der Waals surface area (Å²) in [6, 6.07) is 6.49. The highest BCUT2D eigenvalue weighted by Gasteiger charge is 2.19. The van der Waals surface area contributed by atoms with Gasteiger partial charge in [0.05, 0.1) is 6.04 Å². The van der Waals surface area contributed by atoms with Crippen molar-refractivity contribution in [1.82, 2.24) is 5.32 Å². The highest BCUT2D eigenvalue weighted by atomic mass is 16.1. The van der Waals surface area contributed by atoms with Crippen LogP contribution in [-0.2, 0) is 11.2 Å². The van der Waals surface area contributed by atoms with Crippen molar-refractivity contribution in [3.63, 3.8) is 0 Å². The first-order valence-electron chi connectivity index (χ1n) is 6.08. The fourth-order valence-corrected chi connectivity index (χ4v) is 2.41. The Morgan fingerprint density at radius 1 is 1.47 bits per heavy atom. The van der Waals surface area contributed by atoms with Gasteiger partial charge in [0.2, 0.25) is 0 Å². The molecule has 0 aliphatic heterocycles. The Labute approximate surface area is 103 Å². The Morgan fingerprint density at radius 3 is 2.88 bits per heavy atom. The second-order valence-electron chi connectivity index (χ2n) is 4.75. The minimum atomic E-state index is -0.0616. The number of aryl methyl sites for hydroxylation is 1. The van der Waals surface area contributed by atoms with Gasteiger partial charge in [-0.3, -0.25) is 4.79 Å². The van der Waals surface area contributed by atoms with Crippen LogP contribution in [0.25, 0.3) is 5.57 Å². The Morgan fingerprint density at radius 2 is 2.24 bits per heavy atom. The van der Waals surface area contributed by atoms with Crippen LogP contribution in [0.4, 0.5) is 0 Å². The number of rotatable bonds is 4. The van der Waals surface area contributed by atoms with Crippen molar-refractivity contribution in [2.75, 3.05) is 7.05 Å². The zero-order chi connectivity index (χ0) is 12.4. The lowest BCUT2D eigenvalue weighted by Gasteiger charge is -2.14. The average molecular weight is 229 g/mol. The molecule has 2 rings (SSSR count). The maximum absolute atomic E-state index is 11.4. The molecule has 2 heteroatoms. The van der Waals surface area contributed by atoms with E-state index in [0.29, 0.717) is 0 Å². The summed E-state index contributed by atoms with van der Waals surface area (Å²) in [4.78, 5) is 11.4. The van der Waals surface area contributed by atoms with E-state index < -0.39 is 0 Å². The number of nitrogens with one attached hydrogen (secondary N) is 1. The molecule has 0 saturated carbocycles. The van der Waals surface area contributed by atoms with E-state index in [0.717, 1.165) is 12.8 Å². The summed E-state index contributed by atoms with van der Waals surface area (Å²) < 4.78 is 0. The predicted octanol–water partition coefficient (Wildman–Crippen LogP) is 2.50. The van der Waals surface area contributed by atoms with Crippen LogP contribution in [0.15, 0.2) is 24.3 Å². The van der Waals surface area contributed by atoms with Crippen LogP contribution in [0, 0.1) is 6.92 Å². The molecule has 1 aromatic rings. The molecule has 0 bridgehead atoms. The van der Waals surface area contributed by atoms with Crippen LogP contribution in [0.2, 0.25) is 0 Å². The maximum Gasteiger partial charge on any atom is 0.147 e. The third kappa shape index (κ3) is 2.47. The Bertz CT molecular complexity index is 474. The lowest BCUT2D eigenvalue weighted by atomic mass is 9.97. The van der Waals surface area contributed by atoms with Crippen molar-refractivity contribution in [2.45, 2.75) is 32.7 Å². The van der Waals surface area contributed by atoms with Gasteiger partial charge in [0, 0.05) is 0 Å². The van der Waals surface area contributed by atoms with Gasteiger partial charge in [0.25, 0.3) is 0 Å². The molecule has 0 aromatic heterocycles. The number of ketones is 1. The molecule has 1 aromatic carbocycles. The third-order valence-corrected chi connectivity index (χ3v) is 3.44. The van der Waals surface area contributed by atoms with E-state index in [-0.39, 0.29) is 11.8 Å². The second kappa shape index (κ2) is 4.84. The summed E-state index contributed by atoms with van der Waals surface area (Å²) in [5, 5.41) is 3.08. The monoisotopic (exact) mass is 229 g/mol. The zero-order valence-corrected chi connectivity index (χ0v) is 10.7. The Hall–Kier alpha value is -1.41. The Kier molecular flexibility index (Phi) is 3.43. The molecule has 0 spiro atoms. The topological polar surface area (TPSA) is 29.1 Å². The van der Waals surface area contributed by atoms with Crippen LogP contribution in [-0.4, -0.2) is 18.9 Å². The summed E-state index contributed by atoms with van der Waals surface area (Å²) >= 11 is 0. The van der Waals surface area contributed by atoms with E-state index in [1.165, 1.54) is 22.3 Å². The average Bonchev–Trinajstić information content (AvgIpc) is 2.67. The van der Waals surface area contributed by atoms with Crippen LogP contribution in [0.3, 0.4) is 0 Å². The number of allylic oxidation sites excluding steroid dienone is 1. The van der Waals surface area contributed by atoms with Gasteiger partial charge >= 0.3 is 0 Å². The largest absolute Gasteiger partial charge is 0.310 e. The number of carbonyl (C=O) groups excluding carboxylic acids is 1. The molecule has 0 saturated heterocycles. The van der Waals surface area contributed by atoms with Crippen LogP contribution >= 0.6 is 0 Å². The number of likely N-dealkylation sites (N-methyl/N-ethyl adjacent to an activating group) is 1. The first-order valence-corrected chi connectivity index (χ1v) is 6.08. The van der Waals surface area contributed by atoms with Crippen LogP contribution in [0.5, 0.6) is 0 Å². The fraction of sp³-hybridized carbons (Fsp3) is 0.400. The SMILES string of the molecule is CNC(CC1=CCc2cc(C)ccc21)C(C)=O. The number of Topliss-reactive ketones (excluding diaryl/α,β-unsaturated/α-hetero) is 1. The molecule has 1 aliphatic rings. The molecule has 1 atom stereocenters. The van der Waals surface area contributed by atoms with Crippen molar-refractivity contribution < 1.29 is 4.79 Å². The predicted molar refractivity (Wildman–Crippen MR) is 71.0 cm³/mol. The molecule has 1 N–H and O–H groups in total. The third-order valence-electron chi connectivity index (χ3n) is 3.44. The van der Waals surface area contributed by atoms with Gasteiger partial charge in [-0.25, -0.2) is 0 Å². The molecule has 2 nitrogen and oxygen atoms in total. The molecule has 0 fully saturated rings. The molecule has 0 radical (unpaired) electrons. The summed E-state index contributed by atoms with van der Waals surface area (Å²) in [5.74, 6) is 0.203. The van der Waals surface area contributed by atoms with Gasteiger partial charge in [-0.15, -0.1) is 0 Å². The summed E-state index contributed by atoms with van der Waals surface area (Å²) in [6.07, 6.45) is 4.04. The van der Waals surface area contributed by atoms with Crippen molar-refractivity contribution >= 4 is 11.4 Å². The highest BCUT2D eigenvalue weighted by molar-refractivity contribution is 5.85. The van der Waals surface area contributed by atoms with Gasteiger partial charge in [0.15, 0.2) is 0 Å². The second-order valence-corrected chi connectivity index (χ2v) is 4.75. The van der Waals surface area contributed by atoms with Gasteiger partial charge in [-0.2, -0.15) is 0 Å². The molecule has 1 unspecified atom stereocenters. The lowest BCUT2D eigenvalue weighted by molar-refractivity contribution is -0.118. The van der Waals surface area contributed by atoms with E-state index in [9.17, 15) is 4.79 Å². The van der Waals surface area contributed by atoms with Crippen molar-refractivity contribution in [1.29, 1.82) is 0 Å². The van der Waals surface area contributed by atoms with E-state index in [4.69, 9.17) is 0 Å². The van der Waals surface area contributed by atoms with Crippen molar-refractivity contribution in [3.05, 3.63) is 41.0 Å². The quantitative estimate of drug-likeness (QED) is 0.859. The first-order chi connectivity index (χ1) is 8.11.